The molecule has 2 aromatic rings. The standard InChI is InChI=1S/C25H30N4O3/c1-17(2)18-8-10-20(11-9-18)29-24(31)21(27-25(29)32)12-13-23(30)28-15-4-3-7-22(28)19-6-5-14-26-16-19/h5-6,8-11,14,16-17,21-22H,3-4,7,12-13,15H2,1-2H3,(H,27,32)/t21-,22+/m0/s1. The van der Waals surface area contributed by atoms with E-state index in [0.29, 0.717) is 24.6 Å². The molecular formula is C25H30N4O3. The van der Waals surface area contributed by atoms with Crippen molar-refractivity contribution >= 4 is 23.5 Å². The molecular weight excluding hydrogens is 404 g/mol. The minimum atomic E-state index is -0.683. The molecule has 0 aliphatic carbocycles. The Kier molecular flexibility index (Phi) is 6.53. The van der Waals surface area contributed by atoms with E-state index in [1.54, 1.807) is 18.3 Å². The summed E-state index contributed by atoms with van der Waals surface area (Å²) in [5, 5.41) is 2.75. The Balaban J connectivity index is 1.39. The van der Waals surface area contributed by atoms with Crippen LogP contribution in [-0.2, 0) is 9.59 Å². The Morgan fingerprint density at radius 1 is 1.16 bits per heavy atom. The summed E-state index contributed by atoms with van der Waals surface area (Å²) in [5.41, 5.74) is 2.74. The molecule has 1 aromatic carbocycles. The molecule has 2 aliphatic rings. The number of hydrogen-bond acceptors (Lipinski definition) is 4. The van der Waals surface area contributed by atoms with Crippen LogP contribution < -0.4 is 10.2 Å². The number of imide groups is 1. The van der Waals surface area contributed by atoms with Crippen LogP contribution >= 0.6 is 0 Å². The van der Waals surface area contributed by atoms with Gasteiger partial charge in [-0.15, -0.1) is 0 Å². The van der Waals surface area contributed by atoms with Gasteiger partial charge in [-0.3, -0.25) is 14.6 Å². The van der Waals surface area contributed by atoms with Gasteiger partial charge in [0.05, 0.1) is 11.7 Å². The molecule has 0 bridgehead atoms. The van der Waals surface area contributed by atoms with Gasteiger partial charge < -0.3 is 10.2 Å². The first-order chi connectivity index (χ1) is 15.5. The first-order valence-electron chi connectivity index (χ1n) is 11.4. The topological polar surface area (TPSA) is 82.6 Å². The number of likely N-dealkylation sites (tertiary alicyclic amines) is 1. The third-order valence-electron chi connectivity index (χ3n) is 6.38. The Morgan fingerprint density at radius 2 is 1.94 bits per heavy atom. The van der Waals surface area contributed by atoms with E-state index in [4.69, 9.17) is 0 Å². The van der Waals surface area contributed by atoms with Gasteiger partial charge in [0, 0.05) is 25.4 Å². The fourth-order valence-electron chi connectivity index (χ4n) is 4.54. The highest BCUT2D eigenvalue weighted by atomic mass is 16.2. The van der Waals surface area contributed by atoms with E-state index in [1.807, 2.05) is 35.4 Å². The van der Waals surface area contributed by atoms with Gasteiger partial charge in [-0.2, -0.15) is 0 Å². The zero-order chi connectivity index (χ0) is 22.7. The number of anilines is 1. The van der Waals surface area contributed by atoms with Gasteiger partial charge in [0.1, 0.15) is 6.04 Å². The molecule has 4 amide bonds. The second-order valence-electron chi connectivity index (χ2n) is 8.85. The van der Waals surface area contributed by atoms with E-state index < -0.39 is 12.1 Å². The lowest BCUT2D eigenvalue weighted by atomic mass is 9.95. The van der Waals surface area contributed by atoms with E-state index >= 15 is 0 Å². The summed E-state index contributed by atoms with van der Waals surface area (Å²) in [6, 6.07) is 10.3. The molecule has 1 N–H and O–H groups in total. The number of benzene rings is 1. The number of amides is 4. The molecule has 0 spiro atoms. The maximum atomic E-state index is 13.0. The number of carbonyl (C=O) groups excluding carboxylic acids is 3. The van der Waals surface area contributed by atoms with Crippen LogP contribution in [0.5, 0.6) is 0 Å². The molecule has 4 rings (SSSR count). The largest absolute Gasteiger partial charge is 0.336 e. The van der Waals surface area contributed by atoms with Crippen molar-refractivity contribution in [1.82, 2.24) is 15.2 Å². The maximum absolute atomic E-state index is 13.0. The van der Waals surface area contributed by atoms with Crippen molar-refractivity contribution in [2.75, 3.05) is 11.4 Å². The van der Waals surface area contributed by atoms with Gasteiger partial charge in [0.25, 0.3) is 5.91 Å². The molecule has 0 saturated carbocycles. The van der Waals surface area contributed by atoms with Crippen molar-refractivity contribution in [1.29, 1.82) is 0 Å². The number of nitrogens with zero attached hydrogens (tertiary/aromatic N) is 3. The van der Waals surface area contributed by atoms with Gasteiger partial charge in [0.2, 0.25) is 5.91 Å². The number of hydrogen-bond donors (Lipinski definition) is 1. The average molecular weight is 435 g/mol. The number of pyridine rings is 1. The van der Waals surface area contributed by atoms with Gasteiger partial charge in [-0.05, 0) is 60.9 Å². The van der Waals surface area contributed by atoms with Crippen molar-refractivity contribution in [2.45, 2.75) is 64.0 Å². The number of aromatic nitrogens is 1. The molecule has 0 radical (unpaired) electrons. The molecule has 2 saturated heterocycles. The molecule has 168 valence electrons. The molecule has 2 atom stereocenters. The van der Waals surface area contributed by atoms with Crippen LogP contribution in [-0.4, -0.2) is 40.3 Å². The van der Waals surface area contributed by atoms with Crippen LogP contribution in [0.25, 0.3) is 0 Å². The number of rotatable bonds is 6. The number of nitrogens with one attached hydrogen (secondary N) is 1. The minimum Gasteiger partial charge on any atom is -0.336 e. The van der Waals surface area contributed by atoms with E-state index in [2.05, 4.69) is 24.1 Å². The van der Waals surface area contributed by atoms with E-state index in [1.165, 1.54) is 4.90 Å². The molecule has 32 heavy (non-hydrogen) atoms. The van der Waals surface area contributed by atoms with Crippen LogP contribution in [0.4, 0.5) is 10.5 Å². The van der Waals surface area contributed by atoms with E-state index in [0.717, 1.165) is 30.4 Å². The van der Waals surface area contributed by atoms with Crippen molar-refractivity contribution in [3.8, 4) is 0 Å². The second kappa shape index (κ2) is 9.51. The Morgan fingerprint density at radius 3 is 2.62 bits per heavy atom. The summed E-state index contributed by atoms with van der Waals surface area (Å²) in [6.07, 6.45) is 7.02. The third-order valence-corrected chi connectivity index (χ3v) is 6.38. The fraction of sp³-hybridized carbons (Fsp3) is 0.440. The summed E-state index contributed by atoms with van der Waals surface area (Å²) >= 11 is 0. The van der Waals surface area contributed by atoms with E-state index in [-0.39, 0.29) is 24.3 Å². The van der Waals surface area contributed by atoms with Crippen LogP contribution in [0, 0.1) is 0 Å². The van der Waals surface area contributed by atoms with Crippen LogP contribution in [0.2, 0.25) is 0 Å². The lowest BCUT2D eigenvalue weighted by molar-refractivity contribution is -0.135. The third kappa shape index (κ3) is 4.52. The summed E-state index contributed by atoms with van der Waals surface area (Å²) in [4.78, 5) is 45.7. The van der Waals surface area contributed by atoms with Crippen LogP contribution in [0.3, 0.4) is 0 Å². The van der Waals surface area contributed by atoms with E-state index in [9.17, 15) is 14.4 Å². The highest BCUT2D eigenvalue weighted by molar-refractivity contribution is 6.21. The van der Waals surface area contributed by atoms with Crippen molar-refractivity contribution in [2.24, 2.45) is 0 Å². The van der Waals surface area contributed by atoms with Crippen molar-refractivity contribution in [3.05, 3.63) is 59.9 Å². The lowest BCUT2D eigenvalue weighted by Crippen LogP contribution is -2.39. The first-order valence-corrected chi connectivity index (χ1v) is 11.4. The van der Waals surface area contributed by atoms with Crippen molar-refractivity contribution in [3.63, 3.8) is 0 Å². The molecule has 3 heterocycles. The SMILES string of the molecule is CC(C)c1ccc(N2C(=O)N[C@@H](CCC(=O)N3CCCC[C@@H]3c3cccnc3)C2=O)cc1. The average Bonchev–Trinajstić information content (AvgIpc) is 3.11. The van der Waals surface area contributed by atoms with Gasteiger partial charge in [0.15, 0.2) is 0 Å². The maximum Gasteiger partial charge on any atom is 0.329 e. The zero-order valence-electron chi connectivity index (χ0n) is 18.7. The van der Waals surface area contributed by atoms with Gasteiger partial charge >= 0.3 is 6.03 Å². The molecule has 1 aromatic heterocycles. The fourth-order valence-corrected chi connectivity index (χ4v) is 4.54. The summed E-state index contributed by atoms with van der Waals surface area (Å²) in [6.45, 7) is 4.89. The van der Waals surface area contributed by atoms with Gasteiger partial charge in [-0.1, -0.05) is 32.0 Å². The molecule has 7 nitrogen and oxygen atoms in total. The summed E-state index contributed by atoms with van der Waals surface area (Å²) < 4.78 is 0. The Labute approximate surface area is 188 Å². The van der Waals surface area contributed by atoms with Crippen molar-refractivity contribution < 1.29 is 14.4 Å². The smallest absolute Gasteiger partial charge is 0.329 e. The molecule has 7 heteroatoms. The highest BCUT2D eigenvalue weighted by Crippen LogP contribution is 2.31. The normalized spacial score (nSPS) is 21.2. The Bertz CT molecular complexity index is 974. The second-order valence-corrected chi connectivity index (χ2v) is 8.85. The first kappa shape index (κ1) is 22.0. The monoisotopic (exact) mass is 434 g/mol. The zero-order valence-corrected chi connectivity index (χ0v) is 18.7. The Hall–Kier alpha value is -3.22. The molecule has 0 unspecified atom stereocenters. The quantitative estimate of drug-likeness (QED) is 0.692. The summed E-state index contributed by atoms with van der Waals surface area (Å²) in [7, 11) is 0. The van der Waals surface area contributed by atoms with Crippen LogP contribution in [0.1, 0.15) is 69.0 Å². The number of urea groups is 1. The number of piperidine rings is 1. The molecule has 2 fully saturated rings. The predicted molar refractivity (Wildman–Crippen MR) is 122 cm³/mol. The number of carbonyl (C=O) groups is 3. The van der Waals surface area contributed by atoms with Gasteiger partial charge in [-0.25, -0.2) is 9.69 Å². The lowest BCUT2D eigenvalue weighted by Gasteiger charge is -2.36. The predicted octanol–water partition coefficient (Wildman–Crippen LogP) is 4.16. The minimum absolute atomic E-state index is 0.0142. The summed E-state index contributed by atoms with van der Waals surface area (Å²) in [5.74, 6) is 0.0825. The highest BCUT2D eigenvalue weighted by Gasteiger charge is 2.39. The molecule has 2 aliphatic heterocycles. The van der Waals surface area contributed by atoms with Crippen LogP contribution in [0.15, 0.2) is 48.8 Å².